The number of sulfonamides is 1. The van der Waals surface area contributed by atoms with Crippen molar-refractivity contribution in [1.29, 1.82) is 0 Å². The van der Waals surface area contributed by atoms with E-state index in [2.05, 4.69) is 5.32 Å². The Kier molecular flexibility index (Phi) is 9.79. The molecule has 0 spiro atoms. The van der Waals surface area contributed by atoms with Gasteiger partial charge in [0.15, 0.2) is 0 Å². The van der Waals surface area contributed by atoms with Crippen LogP contribution in [0.5, 0.6) is 0 Å². The summed E-state index contributed by atoms with van der Waals surface area (Å²) in [5, 5.41) is 3.03. The topological polar surface area (TPSA) is 86.8 Å². The summed E-state index contributed by atoms with van der Waals surface area (Å²) in [6.45, 7) is 11.2. The average Bonchev–Trinajstić information content (AvgIpc) is 2.86. The van der Waals surface area contributed by atoms with Crippen LogP contribution >= 0.6 is 0 Å². The van der Waals surface area contributed by atoms with Crippen molar-refractivity contribution in [2.75, 3.05) is 17.1 Å². The Balaban J connectivity index is 2.08. The van der Waals surface area contributed by atoms with Crippen molar-refractivity contribution in [3.63, 3.8) is 0 Å². The van der Waals surface area contributed by atoms with Crippen LogP contribution in [0, 0.1) is 20.8 Å². The predicted molar refractivity (Wildman–Crippen MR) is 162 cm³/mol. The van der Waals surface area contributed by atoms with Gasteiger partial charge in [-0.1, -0.05) is 66.2 Å². The van der Waals surface area contributed by atoms with Crippen LogP contribution in [0.3, 0.4) is 0 Å². The van der Waals surface area contributed by atoms with Gasteiger partial charge in [0.25, 0.3) is 0 Å². The predicted octanol–water partition coefficient (Wildman–Crippen LogP) is 4.93. The molecule has 7 nitrogen and oxygen atoms in total. The summed E-state index contributed by atoms with van der Waals surface area (Å²) in [5.41, 5.74) is 4.64. The maximum absolute atomic E-state index is 14.1. The fourth-order valence-corrected chi connectivity index (χ4v) is 5.23. The molecule has 0 aliphatic carbocycles. The van der Waals surface area contributed by atoms with Crippen LogP contribution in [-0.4, -0.2) is 49.5 Å². The Labute approximate surface area is 239 Å². The quantitative estimate of drug-likeness (QED) is 0.379. The second kappa shape index (κ2) is 12.7. The summed E-state index contributed by atoms with van der Waals surface area (Å²) in [5.74, 6) is -0.761. The van der Waals surface area contributed by atoms with Crippen LogP contribution in [0.2, 0.25) is 0 Å². The molecule has 0 saturated carbocycles. The fraction of sp³-hybridized carbons (Fsp3) is 0.375. The molecule has 3 rings (SSSR count). The third-order valence-electron chi connectivity index (χ3n) is 6.70. The molecule has 0 radical (unpaired) electrons. The molecule has 0 heterocycles. The summed E-state index contributed by atoms with van der Waals surface area (Å²) in [4.78, 5) is 29.4. The minimum Gasteiger partial charge on any atom is -0.350 e. The second-order valence-electron chi connectivity index (χ2n) is 11.5. The zero-order valence-electron chi connectivity index (χ0n) is 24.6. The number of aryl methyl sites for hydroxylation is 3. The highest BCUT2D eigenvalue weighted by Crippen LogP contribution is 2.23. The molecule has 0 saturated heterocycles. The molecular formula is C32H41N3O4S. The van der Waals surface area contributed by atoms with Crippen molar-refractivity contribution in [3.05, 3.63) is 101 Å². The Morgan fingerprint density at radius 2 is 1.48 bits per heavy atom. The lowest BCUT2D eigenvalue weighted by Crippen LogP contribution is -2.56. The lowest BCUT2D eigenvalue weighted by molar-refractivity contribution is -0.140. The summed E-state index contributed by atoms with van der Waals surface area (Å²) < 4.78 is 27.0. The van der Waals surface area contributed by atoms with Crippen LogP contribution in [0.4, 0.5) is 5.69 Å². The highest BCUT2D eigenvalue weighted by Gasteiger charge is 2.34. The van der Waals surface area contributed by atoms with Gasteiger partial charge in [-0.2, -0.15) is 0 Å². The van der Waals surface area contributed by atoms with Gasteiger partial charge in [0, 0.05) is 18.5 Å². The van der Waals surface area contributed by atoms with Gasteiger partial charge >= 0.3 is 0 Å². The number of anilines is 1. The summed E-state index contributed by atoms with van der Waals surface area (Å²) in [6, 6.07) is 21.7. The molecule has 1 N–H and O–H groups in total. The zero-order valence-corrected chi connectivity index (χ0v) is 25.4. The molecule has 0 aliphatic heterocycles. The van der Waals surface area contributed by atoms with E-state index in [9.17, 15) is 18.0 Å². The molecule has 3 aromatic rings. The van der Waals surface area contributed by atoms with Crippen molar-refractivity contribution >= 4 is 27.5 Å². The van der Waals surface area contributed by atoms with Crippen LogP contribution in [0.1, 0.15) is 48.6 Å². The fourth-order valence-electron chi connectivity index (χ4n) is 4.39. The van der Waals surface area contributed by atoms with E-state index in [0.717, 1.165) is 38.4 Å². The molecular weight excluding hydrogens is 522 g/mol. The summed E-state index contributed by atoms with van der Waals surface area (Å²) in [7, 11) is -3.80. The molecule has 40 heavy (non-hydrogen) atoms. The van der Waals surface area contributed by atoms with Gasteiger partial charge in [0.2, 0.25) is 21.8 Å². The van der Waals surface area contributed by atoms with Crippen molar-refractivity contribution in [3.8, 4) is 0 Å². The highest BCUT2D eigenvalue weighted by molar-refractivity contribution is 7.92. The molecule has 0 fully saturated rings. The number of rotatable bonds is 10. The van der Waals surface area contributed by atoms with E-state index in [1.807, 2.05) is 102 Å². The third-order valence-corrected chi connectivity index (χ3v) is 7.84. The van der Waals surface area contributed by atoms with Crippen LogP contribution in [0.15, 0.2) is 72.8 Å². The van der Waals surface area contributed by atoms with E-state index >= 15 is 0 Å². The monoisotopic (exact) mass is 563 g/mol. The Hall–Kier alpha value is -3.65. The molecule has 3 aromatic carbocycles. The number of hydrogen-bond donors (Lipinski definition) is 1. The Morgan fingerprint density at radius 1 is 0.850 bits per heavy atom. The van der Waals surface area contributed by atoms with Gasteiger partial charge in [0.05, 0.1) is 11.9 Å². The van der Waals surface area contributed by atoms with Gasteiger partial charge < -0.3 is 10.2 Å². The molecule has 214 valence electrons. The largest absolute Gasteiger partial charge is 0.350 e. The van der Waals surface area contributed by atoms with Crippen molar-refractivity contribution in [1.82, 2.24) is 10.2 Å². The smallest absolute Gasteiger partial charge is 0.244 e. The summed E-state index contributed by atoms with van der Waals surface area (Å²) in [6.07, 6.45) is 1.37. The Morgan fingerprint density at radius 3 is 2.02 bits per heavy atom. The van der Waals surface area contributed by atoms with Gasteiger partial charge in [-0.3, -0.25) is 13.9 Å². The Bertz CT molecular complexity index is 1430. The maximum Gasteiger partial charge on any atom is 0.244 e. The van der Waals surface area contributed by atoms with Gasteiger partial charge in [-0.15, -0.1) is 0 Å². The second-order valence-corrected chi connectivity index (χ2v) is 13.4. The highest BCUT2D eigenvalue weighted by atomic mass is 32.2. The van der Waals surface area contributed by atoms with E-state index in [1.165, 1.54) is 4.90 Å². The van der Waals surface area contributed by atoms with Crippen LogP contribution in [0.25, 0.3) is 0 Å². The van der Waals surface area contributed by atoms with E-state index in [4.69, 9.17) is 0 Å². The number of hydrogen-bond acceptors (Lipinski definition) is 4. The van der Waals surface area contributed by atoms with E-state index < -0.39 is 34.1 Å². The van der Waals surface area contributed by atoms with E-state index in [-0.39, 0.29) is 18.9 Å². The molecule has 0 unspecified atom stereocenters. The molecule has 0 aromatic heterocycles. The standard InChI is InChI=1S/C32H41N3O4S/c1-23-13-16-27(17-14-23)21-34(29(31(37)33-32(4,5)6)20-26-11-9-8-10-12-26)30(36)22-35(40(7,38)39)28-18-15-24(2)25(3)19-28/h8-19,29H,20-22H2,1-7H3,(H,33,37)/t29-/m0/s1. The number of nitrogens with zero attached hydrogens (tertiary/aromatic N) is 2. The molecule has 1 atom stereocenters. The van der Waals surface area contributed by atoms with Crippen LogP contribution in [-0.2, 0) is 32.6 Å². The van der Waals surface area contributed by atoms with Gasteiger partial charge in [-0.25, -0.2) is 8.42 Å². The average molecular weight is 564 g/mol. The van der Waals surface area contributed by atoms with E-state index in [1.54, 1.807) is 12.1 Å². The number of benzene rings is 3. The van der Waals surface area contributed by atoms with Crippen molar-refractivity contribution in [2.45, 2.75) is 66.1 Å². The lowest BCUT2D eigenvalue weighted by atomic mass is 10.0. The molecule has 0 aliphatic rings. The number of carbonyl (C=O) groups excluding carboxylic acids is 2. The van der Waals surface area contributed by atoms with Gasteiger partial charge in [0.1, 0.15) is 12.6 Å². The zero-order chi connectivity index (χ0) is 29.7. The van der Waals surface area contributed by atoms with Crippen LogP contribution < -0.4 is 9.62 Å². The molecule has 2 amide bonds. The number of carbonyl (C=O) groups is 2. The third kappa shape index (κ3) is 8.68. The lowest BCUT2D eigenvalue weighted by Gasteiger charge is -2.35. The SMILES string of the molecule is Cc1ccc(CN(C(=O)CN(c2ccc(C)c(C)c2)S(C)(=O)=O)[C@@H](Cc2ccccc2)C(=O)NC(C)(C)C)cc1. The van der Waals surface area contributed by atoms with Gasteiger partial charge in [-0.05, 0) is 75.9 Å². The normalized spacial score (nSPS) is 12.5. The first-order valence-corrected chi connectivity index (χ1v) is 15.2. The molecule has 8 heteroatoms. The first-order valence-electron chi connectivity index (χ1n) is 13.4. The minimum absolute atomic E-state index is 0.151. The number of nitrogens with one attached hydrogen (secondary N) is 1. The first kappa shape index (κ1) is 30.9. The summed E-state index contributed by atoms with van der Waals surface area (Å²) >= 11 is 0. The minimum atomic E-state index is -3.80. The number of amides is 2. The maximum atomic E-state index is 14.1. The van der Waals surface area contributed by atoms with Crippen molar-refractivity contribution in [2.24, 2.45) is 0 Å². The van der Waals surface area contributed by atoms with Crippen molar-refractivity contribution < 1.29 is 18.0 Å². The first-order chi connectivity index (χ1) is 18.6. The molecule has 0 bridgehead atoms. The van der Waals surface area contributed by atoms with E-state index in [0.29, 0.717) is 5.69 Å².